The second kappa shape index (κ2) is 9.73. The second-order valence-electron chi connectivity index (χ2n) is 10.3. The third kappa shape index (κ3) is 4.35. The van der Waals surface area contributed by atoms with E-state index < -0.39 is 5.82 Å². The molecule has 2 saturated heterocycles. The number of aromatic nitrogens is 5. The fourth-order valence-corrected chi connectivity index (χ4v) is 6.13. The van der Waals surface area contributed by atoms with Crippen LogP contribution >= 0.6 is 11.6 Å². The molecule has 2 atom stereocenters. The minimum absolute atomic E-state index is 0.143. The average Bonchev–Trinajstić information content (AvgIpc) is 3.51. The van der Waals surface area contributed by atoms with E-state index in [2.05, 4.69) is 25.2 Å². The zero-order chi connectivity index (χ0) is 26.5. The minimum atomic E-state index is -0.518. The summed E-state index contributed by atoms with van der Waals surface area (Å²) in [6, 6.07) is 12.2. The van der Waals surface area contributed by atoms with Crippen molar-refractivity contribution in [2.45, 2.75) is 31.3 Å². The summed E-state index contributed by atoms with van der Waals surface area (Å²) in [5.74, 6) is 1.02. The Kier molecular flexibility index (Phi) is 6.05. The Labute approximate surface area is 229 Å². The lowest BCUT2D eigenvalue weighted by Crippen LogP contribution is -2.51. The van der Waals surface area contributed by atoms with Crippen LogP contribution < -0.4 is 15.0 Å². The molecule has 5 aromatic rings. The molecule has 2 aliphatic heterocycles. The first-order valence-corrected chi connectivity index (χ1v) is 13.6. The largest absolute Gasteiger partial charge is 0.463 e. The van der Waals surface area contributed by atoms with E-state index in [1.54, 1.807) is 18.5 Å². The number of piperazine rings is 1. The van der Waals surface area contributed by atoms with Crippen LogP contribution in [0.5, 0.6) is 6.01 Å². The van der Waals surface area contributed by atoms with Gasteiger partial charge in [-0.05, 0) is 24.3 Å². The highest BCUT2D eigenvalue weighted by atomic mass is 35.5. The fourth-order valence-electron chi connectivity index (χ4n) is 5.85. The summed E-state index contributed by atoms with van der Waals surface area (Å²) in [7, 11) is 1.94. The van der Waals surface area contributed by atoms with Gasteiger partial charge in [0.25, 0.3) is 0 Å². The Morgan fingerprint density at radius 2 is 1.87 bits per heavy atom. The van der Waals surface area contributed by atoms with Crippen molar-refractivity contribution in [3.63, 3.8) is 0 Å². The van der Waals surface area contributed by atoms with Crippen molar-refractivity contribution < 1.29 is 9.13 Å². The number of fused-ring (bicyclic) bond motifs is 4. The fraction of sp³-hybridized carbons (Fsp3) is 0.310. The molecule has 2 unspecified atom stereocenters. The number of aryl methyl sites for hydroxylation is 1. The summed E-state index contributed by atoms with van der Waals surface area (Å²) in [5.41, 5.74) is 1.01. The number of rotatable bonds is 6. The van der Waals surface area contributed by atoms with Crippen LogP contribution in [-0.4, -0.2) is 56.3 Å². The van der Waals surface area contributed by atoms with E-state index in [4.69, 9.17) is 21.3 Å². The molecular weight excluding hydrogens is 517 g/mol. The van der Waals surface area contributed by atoms with Gasteiger partial charge in [0.05, 0.1) is 12.0 Å². The van der Waals surface area contributed by atoms with Crippen molar-refractivity contribution in [2.24, 2.45) is 7.05 Å². The first kappa shape index (κ1) is 24.2. The molecule has 2 aliphatic rings. The summed E-state index contributed by atoms with van der Waals surface area (Å²) >= 11 is 6.56. The molecule has 10 heteroatoms. The van der Waals surface area contributed by atoms with Gasteiger partial charge in [-0.3, -0.25) is 4.98 Å². The molecule has 3 aromatic heterocycles. The van der Waals surface area contributed by atoms with E-state index in [1.807, 2.05) is 48.1 Å². The van der Waals surface area contributed by atoms with Crippen LogP contribution in [0.15, 0.2) is 55.0 Å². The molecule has 1 N–H and O–H groups in total. The lowest BCUT2D eigenvalue weighted by molar-refractivity contribution is 0.293. The SMILES string of the molecule is Cn1ccnc1CCOc1nc(N2CC3CCC(C2)N3)c2cnc(-c3cccc4cccc(Cl)c34)c(F)c2n1. The van der Waals surface area contributed by atoms with Crippen molar-refractivity contribution in [3.05, 3.63) is 71.7 Å². The minimum Gasteiger partial charge on any atom is -0.463 e. The third-order valence-electron chi connectivity index (χ3n) is 7.75. The normalized spacial score (nSPS) is 18.8. The van der Waals surface area contributed by atoms with Gasteiger partial charge >= 0.3 is 6.01 Å². The van der Waals surface area contributed by atoms with Crippen molar-refractivity contribution in [1.29, 1.82) is 0 Å². The van der Waals surface area contributed by atoms with Crippen LogP contribution in [0.25, 0.3) is 32.9 Å². The molecule has 7 rings (SSSR count). The highest BCUT2D eigenvalue weighted by Gasteiger charge is 2.34. The molecule has 0 amide bonds. The van der Waals surface area contributed by atoms with E-state index in [0.29, 0.717) is 46.9 Å². The van der Waals surface area contributed by atoms with Crippen LogP contribution in [-0.2, 0) is 13.5 Å². The lowest BCUT2D eigenvalue weighted by atomic mass is 10.0. The lowest BCUT2D eigenvalue weighted by Gasteiger charge is -2.34. The molecule has 0 spiro atoms. The number of halogens is 2. The predicted molar refractivity (Wildman–Crippen MR) is 150 cm³/mol. The first-order chi connectivity index (χ1) is 19.0. The van der Waals surface area contributed by atoms with Crippen LogP contribution in [0.3, 0.4) is 0 Å². The molecule has 198 valence electrons. The molecule has 8 nitrogen and oxygen atoms in total. The number of nitrogens with zero attached hydrogens (tertiary/aromatic N) is 6. The summed E-state index contributed by atoms with van der Waals surface area (Å²) < 4.78 is 24.4. The maximum Gasteiger partial charge on any atom is 0.319 e. The van der Waals surface area contributed by atoms with Crippen molar-refractivity contribution in [1.82, 2.24) is 29.8 Å². The van der Waals surface area contributed by atoms with E-state index >= 15 is 4.39 Å². The van der Waals surface area contributed by atoms with E-state index in [-0.39, 0.29) is 17.2 Å². The molecule has 2 bridgehead atoms. The number of hydrogen-bond acceptors (Lipinski definition) is 7. The van der Waals surface area contributed by atoms with Gasteiger partial charge in [-0.25, -0.2) is 9.37 Å². The number of pyridine rings is 1. The van der Waals surface area contributed by atoms with E-state index in [0.717, 1.165) is 42.5 Å². The zero-order valence-corrected chi connectivity index (χ0v) is 22.2. The zero-order valence-electron chi connectivity index (χ0n) is 21.4. The Morgan fingerprint density at radius 1 is 1.08 bits per heavy atom. The number of imidazole rings is 1. The summed E-state index contributed by atoms with van der Waals surface area (Å²) in [4.78, 5) is 20.5. The molecule has 0 radical (unpaired) electrons. The topological polar surface area (TPSA) is 81.0 Å². The number of benzene rings is 2. The predicted octanol–water partition coefficient (Wildman–Crippen LogP) is 4.93. The van der Waals surface area contributed by atoms with Crippen LogP contribution in [0, 0.1) is 5.82 Å². The number of anilines is 1. The van der Waals surface area contributed by atoms with Gasteiger partial charge < -0.3 is 19.5 Å². The van der Waals surface area contributed by atoms with Crippen LogP contribution in [0.1, 0.15) is 18.7 Å². The maximum absolute atomic E-state index is 16.4. The molecule has 2 aromatic carbocycles. The van der Waals surface area contributed by atoms with Crippen LogP contribution in [0.4, 0.5) is 10.2 Å². The second-order valence-corrected chi connectivity index (χ2v) is 10.7. The Hall–Kier alpha value is -3.82. The Morgan fingerprint density at radius 3 is 2.64 bits per heavy atom. The van der Waals surface area contributed by atoms with Crippen LogP contribution in [0.2, 0.25) is 5.02 Å². The highest BCUT2D eigenvalue weighted by molar-refractivity contribution is 6.36. The summed E-state index contributed by atoms with van der Waals surface area (Å²) in [6.45, 7) is 1.90. The number of ether oxygens (including phenoxy) is 1. The van der Waals surface area contributed by atoms with Gasteiger partial charge in [0.1, 0.15) is 22.9 Å². The smallest absolute Gasteiger partial charge is 0.319 e. The van der Waals surface area contributed by atoms with Crippen molar-refractivity contribution in [3.8, 4) is 17.3 Å². The molecule has 0 saturated carbocycles. The van der Waals surface area contributed by atoms with E-state index in [9.17, 15) is 0 Å². The van der Waals surface area contributed by atoms with Crippen molar-refractivity contribution in [2.75, 3.05) is 24.6 Å². The molecule has 5 heterocycles. The maximum atomic E-state index is 16.4. The van der Waals surface area contributed by atoms with E-state index in [1.165, 1.54) is 0 Å². The van der Waals surface area contributed by atoms with Gasteiger partial charge in [-0.15, -0.1) is 0 Å². The average molecular weight is 544 g/mol. The monoisotopic (exact) mass is 543 g/mol. The third-order valence-corrected chi connectivity index (χ3v) is 8.06. The highest BCUT2D eigenvalue weighted by Crippen LogP contribution is 2.38. The molecular formula is C29H27ClFN7O. The van der Waals surface area contributed by atoms with Gasteiger partial charge in [0, 0.05) is 73.2 Å². The Balaban J connectivity index is 1.33. The number of hydrogen-bond donors (Lipinski definition) is 1. The summed E-state index contributed by atoms with van der Waals surface area (Å²) in [6.07, 6.45) is 8.15. The first-order valence-electron chi connectivity index (χ1n) is 13.2. The van der Waals surface area contributed by atoms with Gasteiger partial charge in [0.2, 0.25) is 0 Å². The molecule has 39 heavy (non-hydrogen) atoms. The Bertz CT molecular complexity index is 1690. The quantitative estimate of drug-likeness (QED) is 0.325. The summed E-state index contributed by atoms with van der Waals surface area (Å²) in [5, 5.41) is 6.43. The van der Waals surface area contributed by atoms with Gasteiger partial charge in [-0.2, -0.15) is 9.97 Å². The molecule has 2 fully saturated rings. The van der Waals surface area contributed by atoms with Crippen molar-refractivity contribution >= 4 is 39.1 Å². The van der Waals surface area contributed by atoms with Gasteiger partial charge in [-0.1, -0.05) is 41.9 Å². The molecule has 0 aliphatic carbocycles. The van der Waals surface area contributed by atoms with Gasteiger partial charge in [0.15, 0.2) is 5.82 Å². The standard InChI is InChI=1S/C29H27ClFN7O/c1-37-12-11-32-23(37)10-13-39-29-35-27-21(28(36-29)38-15-18-8-9-19(16-38)34-18)14-33-26(25(27)31)20-6-2-4-17-5-3-7-22(30)24(17)20/h2-7,11-12,14,18-19,34H,8-10,13,15-16H2,1H3. The number of nitrogens with one attached hydrogen (secondary N) is 1.